The molecule has 0 saturated carbocycles. The van der Waals surface area contributed by atoms with Crippen LogP contribution in [0.1, 0.15) is 39.0 Å². The molecule has 0 aromatic rings. The van der Waals surface area contributed by atoms with Crippen LogP contribution in [0.3, 0.4) is 0 Å². The van der Waals surface area contributed by atoms with Crippen LogP contribution in [0.2, 0.25) is 0 Å². The quantitative estimate of drug-likeness (QED) is 0.705. The Morgan fingerprint density at radius 3 is 2.82 bits per heavy atom. The first-order valence-electron chi connectivity index (χ1n) is 5.77. The molecule has 2 N–H and O–H groups in total. The number of carboxylic acid groups (broad SMARTS) is 1. The van der Waals surface area contributed by atoms with Crippen LogP contribution in [-0.4, -0.2) is 29.2 Å². The molecule has 1 aliphatic heterocycles. The van der Waals surface area contributed by atoms with E-state index in [-0.39, 0.29) is 18.7 Å². The average molecular weight is 238 g/mol. The maximum Gasteiger partial charge on any atom is 0.303 e. The minimum Gasteiger partial charge on any atom is -0.481 e. The van der Waals surface area contributed by atoms with Gasteiger partial charge >= 0.3 is 5.97 Å². The second-order valence-electron chi connectivity index (χ2n) is 4.18. The van der Waals surface area contributed by atoms with Crippen LogP contribution in [0.5, 0.6) is 0 Å². The molecular weight excluding hydrogens is 220 g/mol. The number of carboxylic acids is 1. The van der Waals surface area contributed by atoms with Crippen LogP contribution >= 0.6 is 0 Å². The maximum absolute atomic E-state index is 11.3. The third kappa shape index (κ3) is 5.85. The van der Waals surface area contributed by atoms with E-state index in [2.05, 4.69) is 10.3 Å². The van der Waals surface area contributed by atoms with E-state index in [1.165, 1.54) is 5.57 Å². The van der Waals surface area contributed by atoms with Gasteiger partial charge in [0.05, 0.1) is 0 Å². The number of carbonyl (C=O) groups excluding carboxylic acids is 1. The molecule has 0 aromatic carbocycles. The Kier molecular flexibility index (Phi) is 5.39. The van der Waals surface area contributed by atoms with Crippen molar-refractivity contribution in [3.8, 4) is 0 Å². The molecule has 1 heterocycles. The Labute approximate surface area is 101 Å². The molecule has 0 saturated heterocycles. The van der Waals surface area contributed by atoms with Crippen molar-refractivity contribution in [2.24, 2.45) is 4.99 Å². The lowest BCUT2D eigenvalue weighted by Gasteiger charge is -2.05. The second-order valence-corrected chi connectivity index (χ2v) is 4.18. The van der Waals surface area contributed by atoms with Gasteiger partial charge in [-0.1, -0.05) is 0 Å². The number of hydrogen-bond donors (Lipinski definition) is 2. The Morgan fingerprint density at radius 1 is 1.47 bits per heavy atom. The Bertz CT molecular complexity index is 359. The molecule has 0 unspecified atom stereocenters. The molecule has 0 aliphatic carbocycles. The van der Waals surface area contributed by atoms with Gasteiger partial charge in [-0.25, -0.2) is 0 Å². The summed E-state index contributed by atoms with van der Waals surface area (Å²) in [5.41, 5.74) is 2.33. The highest BCUT2D eigenvalue weighted by molar-refractivity contribution is 5.86. The molecule has 94 valence electrons. The van der Waals surface area contributed by atoms with Gasteiger partial charge in [0.25, 0.3) is 0 Å². The van der Waals surface area contributed by atoms with E-state index in [1.54, 1.807) is 0 Å². The SMILES string of the molecule is CC1=NC=C(CCNC(=O)CCCC(=O)O)C1. The fourth-order valence-electron chi connectivity index (χ4n) is 1.63. The van der Waals surface area contributed by atoms with Crippen LogP contribution in [0.4, 0.5) is 0 Å². The van der Waals surface area contributed by atoms with Gasteiger partial charge in [-0.2, -0.15) is 0 Å². The van der Waals surface area contributed by atoms with Crippen LogP contribution in [0, 0.1) is 0 Å². The fourth-order valence-corrected chi connectivity index (χ4v) is 1.63. The van der Waals surface area contributed by atoms with Gasteiger partial charge < -0.3 is 10.4 Å². The number of aliphatic carboxylic acids is 1. The van der Waals surface area contributed by atoms with Gasteiger partial charge in [-0.3, -0.25) is 14.6 Å². The summed E-state index contributed by atoms with van der Waals surface area (Å²) >= 11 is 0. The van der Waals surface area contributed by atoms with Gasteiger partial charge in [0.2, 0.25) is 5.91 Å². The first kappa shape index (κ1) is 13.4. The standard InChI is InChI=1S/C12H18N2O3/c1-9-7-10(8-14-9)5-6-13-11(15)3-2-4-12(16)17/h8H,2-7H2,1H3,(H,13,15)(H,16,17). The number of aliphatic imine (C=N–C) groups is 1. The summed E-state index contributed by atoms with van der Waals surface area (Å²) in [4.78, 5) is 25.7. The second kappa shape index (κ2) is 6.83. The highest BCUT2D eigenvalue weighted by Crippen LogP contribution is 2.14. The van der Waals surface area contributed by atoms with E-state index >= 15 is 0 Å². The number of amides is 1. The summed E-state index contributed by atoms with van der Waals surface area (Å²) in [6.45, 7) is 2.58. The molecule has 5 heteroatoms. The maximum atomic E-state index is 11.3. The van der Waals surface area contributed by atoms with Crippen LogP contribution in [-0.2, 0) is 9.59 Å². The lowest BCUT2D eigenvalue weighted by molar-refractivity contribution is -0.137. The monoisotopic (exact) mass is 238 g/mol. The average Bonchev–Trinajstić information content (AvgIpc) is 2.63. The summed E-state index contributed by atoms with van der Waals surface area (Å²) in [6.07, 6.45) is 4.28. The molecule has 1 rings (SSSR count). The number of hydrogen-bond acceptors (Lipinski definition) is 3. The van der Waals surface area contributed by atoms with Crippen LogP contribution in [0.15, 0.2) is 16.8 Å². The zero-order valence-electron chi connectivity index (χ0n) is 10.0. The Hall–Kier alpha value is -1.65. The van der Waals surface area contributed by atoms with E-state index in [1.807, 2.05) is 13.1 Å². The molecule has 0 spiro atoms. The molecule has 0 bridgehead atoms. The lowest BCUT2D eigenvalue weighted by Crippen LogP contribution is -2.24. The third-order valence-corrected chi connectivity index (χ3v) is 2.51. The molecule has 0 atom stereocenters. The van der Waals surface area contributed by atoms with Crippen molar-refractivity contribution in [2.45, 2.75) is 39.0 Å². The van der Waals surface area contributed by atoms with Gasteiger partial charge in [-0.15, -0.1) is 0 Å². The molecule has 0 radical (unpaired) electrons. The summed E-state index contributed by atoms with van der Waals surface area (Å²) in [5.74, 6) is -0.941. The smallest absolute Gasteiger partial charge is 0.303 e. The Morgan fingerprint density at radius 2 is 2.24 bits per heavy atom. The summed E-state index contributed by atoms with van der Waals surface area (Å²) in [5, 5.41) is 11.2. The van der Waals surface area contributed by atoms with Crippen molar-refractivity contribution in [1.82, 2.24) is 5.32 Å². The van der Waals surface area contributed by atoms with Crippen molar-refractivity contribution in [3.05, 3.63) is 11.8 Å². The number of nitrogens with zero attached hydrogens (tertiary/aromatic N) is 1. The number of rotatable bonds is 7. The molecule has 5 nitrogen and oxygen atoms in total. The largest absolute Gasteiger partial charge is 0.481 e. The first-order chi connectivity index (χ1) is 8.08. The zero-order valence-corrected chi connectivity index (χ0v) is 10.0. The molecular formula is C12H18N2O3. The van der Waals surface area contributed by atoms with Crippen LogP contribution in [0.25, 0.3) is 0 Å². The third-order valence-electron chi connectivity index (χ3n) is 2.51. The first-order valence-corrected chi connectivity index (χ1v) is 5.77. The molecule has 1 aliphatic rings. The van der Waals surface area contributed by atoms with E-state index in [0.29, 0.717) is 13.0 Å². The number of nitrogens with one attached hydrogen (secondary N) is 1. The van der Waals surface area contributed by atoms with Crippen molar-refractivity contribution >= 4 is 17.6 Å². The fraction of sp³-hybridized carbons (Fsp3) is 0.583. The minimum absolute atomic E-state index is 0.0472. The van der Waals surface area contributed by atoms with Crippen molar-refractivity contribution in [1.29, 1.82) is 0 Å². The topological polar surface area (TPSA) is 78.8 Å². The summed E-state index contributed by atoms with van der Waals surface area (Å²) < 4.78 is 0. The summed E-state index contributed by atoms with van der Waals surface area (Å²) in [6, 6.07) is 0. The highest BCUT2D eigenvalue weighted by Gasteiger charge is 2.07. The Balaban J connectivity index is 2.03. The van der Waals surface area contributed by atoms with Gasteiger partial charge in [0.1, 0.15) is 0 Å². The minimum atomic E-state index is -0.860. The molecule has 0 fully saturated rings. The zero-order chi connectivity index (χ0) is 12.7. The van der Waals surface area contributed by atoms with Crippen molar-refractivity contribution < 1.29 is 14.7 Å². The predicted octanol–water partition coefficient (Wildman–Crippen LogP) is 1.50. The highest BCUT2D eigenvalue weighted by atomic mass is 16.4. The predicted molar refractivity (Wildman–Crippen MR) is 64.9 cm³/mol. The van der Waals surface area contributed by atoms with Crippen LogP contribution < -0.4 is 5.32 Å². The lowest BCUT2D eigenvalue weighted by atomic mass is 10.1. The van der Waals surface area contributed by atoms with Gasteiger partial charge in [0.15, 0.2) is 0 Å². The molecule has 1 amide bonds. The summed E-state index contributed by atoms with van der Waals surface area (Å²) in [7, 11) is 0. The van der Waals surface area contributed by atoms with Crippen molar-refractivity contribution in [3.63, 3.8) is 0 Å². The van der Waals surface area contributed by atoms with E-state index < -0.39 is 5.97 Å². The normalized spacial score (nSPS) is 14.2. The molecule has 17 heavy (non-hydrogen) atoms. The number of carbonyl (C=O) groups is 2. The van der Waals surface area contributed by atoms with E-state index in [4.69, 9.17) is 5.11 Å². The van der Waals surface area contributed by atoms with E-state index in [9.17, 15) is 9.59 Å². The van der Waals surface area contributed by atoms with Crippen molar-refractivity contribution in [2.75, 3.05) is 6.54 Å². The van der Waals surface area contributed by atoms with E-state index in [0.717, 1.165) is 18.6 Å². The van der Waals surface area contributed by atoms with Gasteiger partial charge in [-0.05, 0) is 25.3 Å². The van der Waals surface area contributed by atoms with Gasteiger partial charge in [0, 0.05) is 37.7 Å². The molecule has 0 aromatic heterocycles.